The number of aryl methyl sites for hydroxylation is 1. The maximum absolute atomic E-state index is 13.5. The number of thioether (sulfide) groups is 1. The van der Waals surface area contributed by atoms with Gasteiger partial charge in [-0.3, -0.25) is 9.69 Å². The minimum atomic E-state index is -0.226. The number of aromatic nitrogens is 2. The summed E-state index contributed by atoms with van der Waals surface area (Å²) >= 11 is 1.39. The third kappa shape index (κ3) is 5.14. The van der Waals surface area contributed by atoms with Gasteiger partial charge in [-0.25, -0.2) is 4.99 Å². The predicted octanol–water partition coefficient (Wildman–Crippen LogP) is 5.28. The van der Waals surface area contributed by atoms with Crippen molar-refractivity contribution in [1.29, 1.82) is 0 Å². The van der Waals surface area contributed by atoms with Crippen LogP contribution < -0.4 is 14.4 Å². The summed E-state index contributed by atoms with van der Waals surface area (Å²) in [6.07, 6.45) is 3.45. The average molecular weight is 479 g/mol. The van der Waals surface area contributed by atoms with Gasteiger partial charge in [0, 0.05) is 12.5 Å². The highest BCUT2D eigenvalue weighted by molar-refractivity contribution is 8.14. The summed E-state index contributed by atoms with van der Waals surface area (Å²) in [4.78, 5) is 24.2. The molecule has 1 aliphatic rings. The summed E-state index contributed by atoms with van der Waals surface area (Å²) < 4.78 is 16.0. The molecule has 0 fully saturated rings. The number of methoxy groups -OCH3 is 2. The Kier molecular flexibility index (Phi) is 7.32. The quantitative estimate of drug-likeness (QED) is 0.407. The zero-order valence-electron chi connectivity index (χ0n) is 19.5. The average Bonchev–Trinajstić information content (AvgIpc) is 3.44. The number of amidine groups is 1. The van der Waals surface area contributed by atoms with E-state index in [2.05, 4.69) is 22.1 Å². The molecule has 4 rings (SSSR count). The van der Waals surface area contributed by atoms with E-state index < -0.39 is 0 Å². The van der Waals surface area contributed by atoms with Crippen LogP contribution in [0.4, 0.5) is 5.69 Å². The minimum absolute atomic E-state index is 0.196. The van der Waals surface area contributed by atoms with E-state index in [-0.39, 0.29) is 11.2 Å². The smallest absolute Gasteiger partial charge is 0.283 e. The van der Waals surface area contributed by atoms with Crippen LogP contribution in [-0.2, 0) is 11.2 Å². The topological polar surface area (TPSA) is 90.0 Å². The van der Waals surface area contributed by atoms with Crippen LogP contribution >= 0.6 is 11.8 Å². The first kappa shape index (κ1) is 23.6. The van der Waals surface area contributed by atoms with Gasteiger partial charge in [0.1, 0.15) is 17.2 Å². The predicted molar refractivity (Wildman–Crippen MR) is 133 cm³/mol. The Bertz CT molecular complexity index is 1220. The van der Waals surface area contributed by atoms with E-state index in [1.165, 1.54) is 11.8 Å². The molecule has 0 aliphatic carbocycles. The fourth-order valence-corrected chi connectivity index (χ4v) is 4.33. The van der Waals surface area contributed by atoms with Crippen molar-refractivity contribution in [1.82, 2.24) is 10.1 Å². The molecule has 1 amide bonds. The molecule has 176 valence electrons. The minimum Gasteiger partial charge on any atom is -0.497 e. The normalized spacial score (nSPS) is 15.5. The molecule has 0 N–H and O–H groups in total. The number of anilines is 1. The molecule has 34 heavy (non-hydrogen) atoms. The fraction of sp³-hybridized carbons (Fsp3) is 0.280. The number of hydrogen-bond acceptors (Lipinski definition) is 8. The summed E-state index contributed by atoms with van der Waals surface area (Å²) in [5.41, 5.74) is 1.84. The van der Waals surface area contributed by atoms with Crippen LogP contribution in [0.2, 0.25) is 0 Å². The fourth-order valence-electron chi connectivity index (χ4n) is 3.38. The number of rotatable bonds is 8. The van der Waals surface area contributed by atoms with Gasteiger partial charge in [0.15, 0.2) is 11.0 Å². The van der Waals surface area contributed by atoms with E-state index in [9.17, 15) is 4.79 Å². The number of benzene rings is 2. The molecule has 0 saturated heterocycles. The SMILES string of the molecule is CCCc1noc(C(C)SC2=N/C(=C\c3ccc(OC)cc3)C(=O)N2c2cccc(OC)c2)n1. The van der Waals surface area contributed by atoms with Crippen LogP contribution in [0, 0.1) is 0 Å². The molecule has 2 heterocycles. The van der Waals surface area contributed by atoms with Gasteiger partial charge < -0.3 is 14.0 Å². The van der Waals surface area contributed by atoms with Crippen molar-refractivity contribution in [3.63, 3.8) is 0 Å². The van der Waals surface area contributed by atoms with Crippen molar-refractivity contribution < 1.29 is 18.8 Å². The standard InChI is InChI=1S/C25H26N4O4S/c1-5-7-22-27-23(33-28-22)16(2)34-25-26-21(14-17-10-12-19(31-3)13-11-17)24(30)29(25)18-8-6-9-20(15-18)32-4/h6,8-16H,5,7H2,1-4H3/b21-14-. The second-order valence-corrected chi connectivity index (χ2v) is 8.91. The van der Waals surface area contributed by atoms with Gasteiger partial charge in [-0.15, -0.1) is 0 Å². The molecule has 2 aromatic carbocycles. The molecule has 1 aromatic heterocycles. The van der Waals surface area contributed by atoms with Crippen LogP contribution in [0.1, 0.15) is 42.8 Å². The first-order valence-electron chi connectivity index (χ1n) is 10.9. The molecule has 1 aliphatic heterocycles. The molecule has 0 radical (unpaired) electrons. The highest BCUT2D eigenvalue weighted by Gasteiger charge is 2.34. The molecular weight excluding hydrogens is 452 g/mol. The second kappa shape index (κ2) is 10.6. The number of hydrogen-bond donors (Lipinski definition) is 0. The van der Waals surface area contributed by atoms with E-state index in [1.807, 2.05) is 49.4 Å². The van der Waals surface area contributed by atoms with E-state index in [1.54, 1.807) is 31.3 Å². The van der Waals surface area contributed by atoms with Crippen LogP contribution in [0.25, 0.3) is 6.08 Å². The van der Waals surface area contributed by atoms with E-state index in [0.29, 0.717) is 34.0 Å². The molecular formula is C25H26N4O4S. The first-order chi connectivity index (χ1) is 16.5. The largest absolute Gasteiger partial charge is 0.497 e. The molecule has 1 atom stereocenters. The summed E-state index contributed by atoms with van der Waals surface area (Å²) in [7, 11) is 3.21. The van der Waals surface area contributed by atoms with Gasteiger partial charge in [-0.05, 0) is 49.2 Å². The Hall–Kier alpha value is -3.59. The Morgan fingerprint density at radius 2 is 1.88 bits per heavy atom. The number of carbonyl (C=O) groups is 1. The third-order valence-electron chi connectivity index (χ3n) is 5.15. The lowest BCUT2D eigenvalue weighted by Crippen LogP contribution is -2.30. The lowest BCUT2D eigenvalue weighted by molar-refractivity contribution is -0.113. The van der Waals surface area contributed by atoms with Crippen molar-refractivity contribution in [2.24, 2.45) is 4.99 Å². The molecule has 0 bridgehead atoms. The van der Waals surface area contributed by atoms with Gasteiger partial charge >= 0.3 is 0 Å². The van der Waals surface area contributed by atoms with E-state index in [0.717, 1.165) is 24.2 Å². The Balaban J connectivity index is 1.67. The Labute approximate surface area is 202 Å². The molecule has 0 saturated carbocycles. The van der Waals surface area contributed by atoms with Crippen LogP contribution in [0.15, 0.2) is 63.7 Å². The van der Waals surface area contributed by atoms with Crippen molar-refractivity contribution in [3.05, 3.63) is 71.5 Å². The van der Waals surface area contributed by atoms with Gasteiger partial charge in [0.2, 0.25) is 5.89 Å². The molecule has 0 spiro atoms. The second-order valence-electron chi connectivity index (χ2n) is 7.60. The van der Waals surface area contributed by atoms with Gasteiger partial charge in [-0.1, -0.05) is 42.0 Å². The lowest BCUT2D eigenvalue weighted by atomic mass is 10.2. The molecule has 1 unspecified atom stereocenters. The molecule has 9 heteroatoms. The van der Waals surface area contributed by atoms with Crippen molar-refractivity contribution in [2.45, 2.75) is 31.9 Å². The van der Waals surface area contributed by atoms with Gasteiger partial charge in [-0.2, -0.15) is 4.98 Å². The maximum Gasteiger partial charge on any atom is 0.283 e. The third-order valence-corrected chi connectivity index (χ3v) is 6.19. The highest BCUT2D eigenvalue weighted by atomic mass is 32.2. The van der Waals surface area contributed by atoms with Crippen molar-refractivity contribution in [2.75, 3.05) is 19.1 Å². The Morgan fingerprint density at radius 1 is 1.12 bits per heavy atom. The summed E-state index contributed by atoms with van der Waals surface area (Å²) in [6, 6.07) is 14.8. The van der Waals surface area contributed by atoms with Crippen LogP contribution in [0.5, 0.6) is 11.5 Å². The summed E-state index contributed by atoms with van der Waals surface area (Å²) in [5, 5.41) is 4.38. The van der Waals surface area contributed by atoms with Crippen molar-refractivity contribution >= 4 is 34.6 Å². The van der Waals surface area contributed by atoms with Crippen LogP contribution in [0.3, 0.4) is 0 Å². The highest BCUT2D eigenvalue weighted by Crippen LogP contribution is 2.37. The summed E-state index contributed by atoms with van der Waals surface area (Å²) in [5.74, 6) is 2.35. The van der Waals surface area contributed by atoms with Crippen molar-refractivity contribution in [3.8, 4) is 11.5 Å². The maximum atomic E-state index is 13.5. The zero-order chi connectivity index (χ0) is 24.1. The number of aliphatic imine (C=N–C) groups is 1. The van der Waals surface area contributed by atoms with E-state index >= 15 is 0 Å². The molecule has 8 nitrogen and oxygen atoms in total. The van der Waals surface area contributed by atoms with Gasteiger partial charge in [0.25, 0.3) is 5.91 Å². The number of amides is 1. The number of ether oxygens (including phenoxy) is 2. The first-order valence-corrected chi connectivity index (χ1v) is 11.8. The molecule has 3 aromatic rings. The Morgan fingerprint density at radius 3 is 2.59 bits per heavy atom. The van der Waals surface area contributed by atoms with Gasteiger partial charge in [0.05, 0.1) is 25.2 Å². The lowest BCUT2D eigenvalue weighted by Gasteiger charge is -2.19. The number of nitrogens with zero attached hydrogens (tertiary/aromatic N) is 4. The zero-order valence-corrected chi connectivity index (χ0v) is 20.3. The summed E-state index contributed by atoms with van der Waals surface area (Å²) in [6.45, 7) is 4.02. The number of carbonyl (C=O) groups excluding carboxylic acids is 1. The van der Waals surface area contributed by atoms with Crippen LogP contribution in [-0.4, -0.2) is 35.4 Å². The van der Waals surface area contributed by atoms with E-state index in [4.69, 9.17) is 14.0 Å². The monoisotopic (exact) mass is 478 g/mol.